The van der Waals surface area contributed by atoms with Crippen LogP contribution >= 0.6 is 0 Å². The summed E-state index contributed by atoms with van der Waals surface area (Å²) in [6, 6.07) is -0.293. The molecule has 19 heavy (non-hydrogen) atoms. The second-order valence-electron chi connectivity index (χ2n) is 4.55. The average molecular weight is 278 g/mol. The molecule has 0 atom stereocenters. The van der Waals surface area contributed by atoms with Gasteiger partial charge in [-0.05, 0) is 34.1 Å². The maximum Gasteiger partial charge on any atom is 0.230 e. The zero-order valence-corrected chi connectivity index (χ0v) is 11.7. The van der Waals surface area contributed by atoms with Crippen LogP contribution in [0.15, 0.2) is 10.6 Å². The van der Waals surface area contributed by atoms with Crippen molar-refractivity contribution in [3.63, 3.8) is 0 Å². The van der Waals surface area contributed by atoms with Crippen LogP contribution in [-0.4, -0.2) is 55.5 Å². The summed E-state index contributed by atoms with van der Waals surface area (Å²) in [6.45, 7) is 7.71. The van der Waals surface area contributed by atoms with Gasteiger partial charge in [-0.2, -0.15) is 0 Å². The minimum atomic E-state index is -0.146. The van der Waals surface area contributed by atoms with Crippen molar-refractivity contribution in [1.29, 1.82) is 0 Å². The highest BCUT2D eigenvalue weighted by Gasteiger charge is 2.21. The Labute approximate surface area is 111 Å². The van der Waals surface area contributed by atoms with Crippen LogP contribution in [0.1, 0.15) is 34.1 Å². The van der Waals surface area contributed by atoms with E-state index in [0.29, 0.717) is 19.5 Å². The summed E-state index contributed by atoms with van der Waals surface area (Å²) in [5.41, 5.74) is 0. The summed E-state index contributed by atoms with van der Waals surface area (Å²) in [5, 5.41) is 47.1. The van der Waals surface area contributed by atoms with Gasteiger partial charge in [0, 0.05) is 0 Å². The fraction of sp³-hybridized carbons (Fsp3) is 1.00. The highest BCUT2D eigenvalue weighted by molar-refractivity contribution is 4.56. The maximum absolute atomic E-state index is 11.2. The van der Waals surface area contributed by atoms with Crippen LogP contribution in [0.2, 0.25) is 0 Å². The molecule has 0 heterocycles. The largest absolute Gasteiger partial charge is 0.569 e. The zero-order chi connectivity index (χ0) is 15.0. The van der Waals surface area contributed by atoms with Crippen molar-refractivity contribution >= 4 is 0 Å². The van der Waals surface area contributed by atoms with E-state index in [9.17, 15) is 10.4 Å². The van der Waals surface area contributed by atoms with Crippen LogP contribution < -0.4 is 0 Å². The molecule has 0 amide bonds. The third-order valence-corrected chi connectivity index (χ3v) is 2.56. The smallest absolute Gasteiger partial charge is 0.230 e. The molecule has 112 valence electrons. The molecule has 0 bridgehead atoms. The molecule has 2 N–H and O–H groups in total. The summed E-state index contributed by atoms with van der Waals surface area (Å²) >= 11 is 0. The molecule has 0 unspecified atom stereocenters. The Balaban J connectivity index is 4.46. The Bertz CT molecular complexity index is 290. The van der Waals surface area contributed by atoms with E-state index < -0.39 is 0 Å². The summed E-state index contributed by atoms with van der Waals surface area (Å²) in [6.07, 6.45) is 0.457. The predicted octanol–water partition coefficient (Wildman–Crippen LogP) is 1.33. The quantitative estimate of drug-likeness (QED) is 0.392. The first kappa shape index (κ1) is 17.0. The van der Waals surface area contributed by atoms with E-state index in [1.54, 1.807) is 27.7 Å². The third kappa shape index (κ3) is 5.44. The summed E-state index contributed by atoms with van der Waals surface area (Å²) < 4.78 is 0. The van der Waals surface area contributed by atoms with Gasteiger partial charge in [0.05, 0.1) is 35.1 Å². The molecule has 0 fully saturated rings. The van der Waals surface area contributed by atoms with Crippen molar-refractivity contribution in [3.8, 4) is 0 Å². The SMILES string of the molecule is CC(C)N(CCCN(C(C)C)[N+]([O-])=NO)[N+]([O-])=NO. The topological polar surface area (TPSA) is 124 Å². The lowest BCUT2D eigenvalue weighted by Crippen LogP contribution is -2.41. The monoisotopic (exact) mass is 278 g/mol. The van der Waals surface area contributed by atoms with Gasteiger partial charge in [-0.15, -0.1) is 10.0 Å². The molecule has 0 aliphatic carbocycles. The molecule has 0 radical (unpaired) electrons. The normalized spacial score (nSPS) is 13.2. The highest BCUT2D eigenvalue weighted by Crippen LogP contribution is 2.05. The van der Waals surface area contributed by atoms with Crippen LogP contribution in [0.5, 0.6) is 0 Å². The standard InChI is InChI=1S/C9H22N6O4/c1-8(2)12(14(18)10-16)6-5-7-13(9(3)4)15(19)11-17/h8-9,16-17H,5-7H2,1-4H3. The van der Waals surface area contributed by atoms with Gasteiger partial charge in [-0.25, -0.2) is 0 Å². The average Bonchev–Trinajstić information content (AvgIpc) is 2.36. The van der Waals surface area contributed by atoms with E-state index >= 15 is 0 Å². The van der Waals surface area contributed by atoms with E-state index in [0.717, 1.165) is 0 Å². The van der Waals surface area contributed by atoms with Gasteiger partial charge in [0.2, 0.25) is 10.6 Å². The minimum absolute atomic E-state index is 0.107. The van der Waals surface area contributed by atoms with Gasteiger partial charge >= 0.3 is 0 Å². The summed E-state index contributed by atoms with van der Waals surface area (Å²) in [7, 11) is 0. The van der Waals surface area contributed by atoms with E-state index in [1.165, 1.54) is 10.0 Å². The lowest BCUT2D eigenvalue weighted by Gasteiger charge is -2.24. The van der Waals surface area contributed by atoms with Crippen LogP contribution in [0.3, 0.4) is 0 Å². The first-order chi connectivity index (χ1) is 8.84. The number of nitrogens with zero attached hydrogens (tertiary/aromatic N) is 6. The predicted molar refractivity (Wildman–Crippen MR) is 64.0 cm³/mol. The van der Waals surface area contributed by atoms with Crippen molar-refractivity contribution in [2.45, 2.75) is 46.2 Å². The van der Waals surface area contributed by atoms with Crippen molar-refractivity contribution in [2.24, 2.45) is 10.6 Å². The molecule has 0 saturated carbocycles. The van der Waals surface area contributed by atoms with Crippen LogP contribution in [0.4, 0.5) is 0 Å². The molecule has 0 aromatic rings. The number of hydrazine groups is 2. The van der Waals surface area contributed by atoms with Gasteiger partial charge in [0.15, 0.2) is 0 Å². The zero-order valence-electron chi connectivity index (χ0n) is 11.7. The van der Waals surface area contributed by atoms with Gasteiger partial charge < -0.3 is 20.8 Å². The molecule has 10 heteroatoms. The van der Waals surface area contributed by atoms with Crippen molar-refractivity contribution in [3.05, 3.63) is 10.4 Å². The molecule has 10 nitrogen and oxygen atoms in total. The number of hydrogen-bond donors (Lipinski definition) is 2. The molecule has 0 aromatic heterocycles. The maximum atomic E-state index is 11.2. The fourth-order valence-electron chi connectivity index (χ4n) is 1.58. The fourth-order valence-corrected chi connectivity index (χ4v) is 1.58. The molecular formula is C9H22N6O4. The second-order valence-corrected chi connectivity index (χ2v) is 4.55. The highest BCUT2D eigenvalue weighted by atomic mass is 16.6. The van der Waals surface area contributed by atoms with Gasteiger partial charge in [0.1, 0.15) is 0 Å². The van der Waals surface area contributed by atoms with Gasteiger partial charge in [0.25, 0.3) is 0 Å². The summed E-state index contributed by atoms with van der Waals surface area (Å²) in [4.78, 5) is 0.214. The van der Waals surface area contributed by atoms with Crippen molar-refractivity contribution in [1.82, 2.24) is 10.0 Å². The lowest BCUT2D eigenvalue weighted by molar-refractivity contribution is -0.721. The number of rotatable bonds is 8. The Hall–Kier alpha value is -2.00. The molecular weight excluding hydrogens is 256 g/mol. The lowest BCUT2D eigenvalue weighted by atomic mass is 10.3. The molecule has 0 rings (SSSR count). The Kier molecular flexibility index (Phi) is 7.30. The van der Waals surface area contributed by atoms with E-state index in [-0.39, 0.29) is 22.0 Å². The Morgan fingerprint density at radius 2 is 1.21 bits per heavy atom. The molecule has 0 aliphatic rings. The number of hydrogen-bond acceptors (Lipinski definition) is 4. The minimum Gasteiger partial charge on any atom is -0.569 e. The van der Waals surface area contributed by atoms with Crippen molar-refractivity contribution in [2.75, 3.05) is 13.1 Å². The molecule has 0 saturated heterocycles. The third-order valence-electron chi connectivity index (χ3n) is 2.56. The van der Waals surface area contributed by atoms with Crippen LogP contribution in [0, 0.1) is 10.4 Å². The van der Waals surface area contributed by atoms with Crippen molar-refractivity contribution < 1.29 is 20.4 Å². The Morgan fingerprint density at radius 3 is 1.42 bits per heavy atom. The first-order valence-corrected chi connectivity index (χ1v) is 6.02. The van der Waals surface area contributed by atoms with E-state index in [4.69, 9.17) is 10.4 Å². The van der Waals surface area contributed by atoms with Crippen LogP contribution in [-0.2, 0) is 0 Å². The Morgan fingerprint density at radius 1 is 0.895 bits per heavy atom. The van der Waals surface area contributed by atoms with Gasteiger partial charge in [-0.3, -0.25) is 0 Å². The van der Waals surface area contributed by atoms with E-state index in [2.05, 4.69) is 10.6 Å². The molecule has 0 spiro atoms. The molecule has 0 aromatic carbocycles. The summed E-state index contributed by atoms with van der Waals surface area (Å²) in [5.74, 6) is 0. The van der Waals surface area contributed by atoms with E-state index in [1.807, 2.05) is 0 Å². The first-order valence-electron chi connectivity index (χ1n) is 6.02. The van der Waals surface area contributed by atoms with Crippen LogP contribution in [0.25, 0.3) is 0 Å². The molecule has 0 aliphatic heterocycles. The van der Waals surface area contributed by atoms with Gasteiger partial charge in [-0.1, -0.05) is 0 Å². The second kappa shape index (κ2) is 8.16.